The maximum Gasteiger partial charge on any atom is 0.407 e. The van der Waals surface area contributed by atoms with Gasteiger partial charge in [0.15, 0.2) is 19.8 Å². The van der Waals surface area contributed by atoms with Gasteiger partial charge in [0.2, 0.25) is 0 Å². The molecule has 0 spiro atoms. The lowest BCUT2D eigenvalue weighted by molar-refractivity contribution is 0.127. The lowest BCUT2D eigenvalue weighted by atomic mass is 10.1. The van der Waals surface area contributed by atoms with Crippen molar-refractivity contribution in [2.45, 2.75) is 51.6 Å². The van der Waals surface area contributed by atoms with E-state index >= 15 is 0 Å². The van der Waals surface area contributed by atoms with Crippen molar-refractivity contribution < 1.29 is 23.4 Å². The zero-order valence-electron chi connectivity index (χ0n) is 20.2. The molecular formula is C24H36N2O5Si. The molecule has 0 radical (unpaired) electrons. The highest BCUT2D eigenvalue weighted by Crippen LogP contribution is 2.42. The number of methoxy groups -OCH3 is 2. The minimum atomic E-state index is -2.17. The fraction of sp³-hybridized carbons (Fsp3) is 0.458. The Morgan fingerprint density at radius 3 is 2.31 bits per heavy atom. The molecule has 0 saturated heterocycles. The predicted octanol–water partition coefficient (Wildman–Crippen LogP) is 5.28. The van der Waals surface area contributed by atoms with E-state index in [-0.39, 0.29) is 18.2 Å². The number of ether oxygens (including phenoxy) is 3. The number of nitrogens with one attached hydrogen (secondary N) is 1. The summed E-state index contributed by atoms with van der Waals surface area (Å²) in [5, 5.41) is 2.82. The van der Waals surface area contributed by atoms with Gasteiger partial charge in [0.25, 0.3) is 0 Å². The summed E-state index contributed by atoms with van der Waals surface area (Å²) >= 11 is 0. The highest BCUT2D eigenvalue weighted by atomic mass is 28.4. The Morgan fingerprint density at radius 2 is 1.75 bits per heavy atom. The van der Waals surface area contributed by atoms with Gasteiger partial charge in [-0.15, -0.1) is 0 Å². The number of carbonyl (C=O) groups excluding carboxylic acids is 1. The molecule has 0 bridgehead atoms. The van der Waals surface area contributed by atoms with Crippen molar-refractivity contribution in [2.24, 2.45) is 0 Å². The van der Waals surface area contributed by atoms with Crippen LogP contribution in [-0.4, -0.2) is 35.2 Å². The van der Waals surface area contributed by atoms with Crippen molar-refractivity contribution in [2.75, 3.05) is 26.5 Å². The van der Waals surface area contributed by atoms with E-state index in [9.17, 15) is 4.79 Å². The van der Waals surface area contributed by atoms with E-state index in [1.165, 1.54) is 0 Å². The summed E-state index contributed by atoms with van der Waals surface area (Å²) in [6, 6.07) is 13.2. The number of rotatable bonds is 9. The second kappa shape index (κ2) is 10.7. The summed E-state index contributed by atoms with van der Waals surface area (Å²) in [6.45, 7) is 11.3. The largest absolute Gasteiger partial charge is 0.493 e. The summed E-state index contributed by atoms with van der Waals surface area (Å²) in [5.74, 6) is 0.982. The molecule has 0 aliphatic rings. The molecule has 1 unspecified atom stereocenters. The average molecular weight is 461 g/mol. The summed E-state index contributed by atoms with van der Waals surface area (Å²) in [4.78, 5) is 12.4. The molecule has 176 valence electrons. The molecule has 2 aromatic carbocycles. The SMILES string of the molecule is COc1cc(C(CNC(=O)OCc2ccccc2)O[Si](C)(C)C(C)(C)C)cc(N)c1OC. The summed E-state index contributed by atoms with van der Waals surface area (Å²) in [5.41, 5.74) is 8.36. The standard InChI is InChI=1S/C24H36N2O5Si/c1-24(2,3)32(6,7)31-21(18-13-19(25)22(29-5)20(14-18)28-4)15-26-23(27)30-16-17-11-9-8-10-12-17/h8-14,21H,15-16,25H2,1-7H3,(H,26,27). The number of carbonyl (C=O) groups is 1. The molecular weight excluding hydrogens is 424 g/mol. The Kier molecular flexibility index (Phi) is 8.57. The normalized spacial score (nSPS) is 12.7. The molecule has 0 aliphatic heterocycles. The van der Waals surface area contributed by atoms with Gasteiger partial charge in [-0.1, -0.05) is 51.1 Å². The third kappa shape index (κ3) is 6.64. The van der Waals surface area contributed by atoms with E-state index in [0.29, 0.717) is 17.2 Å². The van der Waals surface area contributed by atoms with Gasteiger partial charge in [0.05, 0.1) is 32.6 Å². The Morgan fingerprint density at radius 1 is 1.09 bits per heavy atom. The predicted molar refractivity (Wildman–Crippen MR) is 130 cm³/mol. The summed E-state index contributed by atoms with van der Waals surface area (Å²) in [7, 11) is 0.937. The van der Waals surface area contributed by atoms with Crippen LogP contribution < -0.4 is 20.5 Å². The minimum absolute atomic E-state index is 0.0127. The molecule has 2 aromatic rings. The maximum absolute atomic E-state index is 12.4. The lowest BCUT2D eigenvalue weighted by Gasteiger charge is -2.39. The van der Waals surface area contributed by atoms with Gasteiger partial charge in [0, 0.05) is 0 Å². The molecule has 0 aromatic heterocycles. The second-order valence-electron chi connectivity index (χ2n) is 9.16. The quantitative estimate of drug-likeness (QED) is 0.391. The Balaban J connectivity index is 2.21. The monoisotopic (exact) mass is 460 g/mol. The van der Waals surface area contributed by atoms with Gasteiger partial charge >= 0.3 is 6.09 Å². The van der Waals surface area contributed by atoms with Crippen LogP contribution in [0.5, 0.6) is 11.5 Å². The topological polar surface area (TPSA) is 92.0 Å². The number of benzene rings is 2. The van der Waals surface area contributed by atoms with Crippen molar-refractivity contribution >= 4 is 20.1 Å². The third-order valence-corrected chi connectivity index (χ3v) is 10.3. The number of hydrogen-bond acceptors (Lipinski definition) is 6. The summed E-state index contributed by atoms with van der Waals surface area (Å²) < 4.78 is 22.8. The van der Waals surface area contributed by atoms with Crippen LogP contribution in [0.25, 0.3) is 0 Å². The molecule has 0 fully saturated rings. The first-order valence-electron chi connectivity index (χ1n) is 10.6. The van der Waals surface area contributed by atoms with Crippen molar-refractivity contribution in [1.82, 2.24) is 5.32 Å². The number of alkyl carbamates (subject to hydrolysis) is 1. The van der Waals surface area contributed by atoms with Gasteiger partial charge in [-0.2, -0.15) is 0 Å². The van der Waals surface area contributed by atoms with Crippen LogP contribution >= 0.6 is 0 Å². The maximum atomic E-state index is 12.4. The smallest absolute Gasteiger partial charge is 0.407 e. The third-order valence-electron chi connectivity index (χ3n) is 5.79. The van der Waals surface area contributed by atoms with Crippen molar-refractivity contribution in [3.63, 3.8) is 0 Å². The van der Waals surface area contributed by atoms with Gasteiger partial charge < -0.3 is 29.7 Å². The molecule has 7 nitrogen and oxygen atoms in total. The number of hydrogen-bond donors (Lipinski definition) is 2. The number of anilines is 1. The van der Waals surface area contributed by atoms with Gasteiger partial charge in [-0.3, -0.25) is 0 Å². The van der Waals surface area contributed by atoms with E-state index in [2.05, 4.69) is 39.2 Å². The zero-order chi connectivity index (χ0) is 23.9. The average Bonchev–Trinajstić information content (AvgIpc) is 2.74. The first kappa shape index (κ1) is 25.5. The van der Waals surface area contributed by atoms with Crippen LogP contribution in [0.2, 0.25) is 18.1 Å². The lowest BCUT2D eigenvalue weighted by Crippen LogP contribution is -2.44. The molecule has 0 heterocycles. The van der Waals surface area contributed by atoms with Crippen molar-refractivity contribution in [3.8, 4) is 11.5 Å². The van der Waals surface area contributed by atoms with Gasteiger partial charge in [0.1, 0.15) is 6.61 Å². The number of amides is 1. The first-order valence-corrected chi connectivity index (χ1v) is 13.5. The van der Waals surface area contributed by atoms with E-state index in [4.69, 9.17) is 24.4 Å². The Labute approximate surface area is 192 Å². The van der Waals surface area contributed by atoms with E-state index in [1.54, 1.807) is 20.3 Å². The molecule has 3 N–H and O–H groups in total. The van der Waals surface area contributed by atoms with Crippen LogP contribution in [0, 0.1) is 0 Å². The van der Waals surface area contributed by atoms with Crippen LogP contribution in [0.15, 0.2) is 42.5 Å². The van der Waals surface area contributed by atoms with Crippen LogP contribution in [-0.2, 0) is 15.8 Å². The van der Waals surface area contributed by atoms with Crippen LogP contribution in [0.1, 0.15) is 38.0 Å². The molecule has 2 rings (SSSR count). The number of nitrogens with two attached hydrogens (primary N) is 1. The molecule has 32 heavy (non-hydrogen) atoms. The van der Waals surface area contributed by atoms with Crippen molar-refractivity contribution in [3.05, 3.63) is 53.6 Å². The molecule has 1 atom stereocenters. The van der Waals surface area contributed by atoms with E-state index < -0.39 is 20.5 Å². The molecule has 1 amide bonds. The van der Waals surface area contributed by atoms with Crippen LogP contribution in [0.3, 0.4) is 0 Å². The molecule has 0 aliphatic carbocycles. The Bertz CT molecular complexity index is 897. The van der Waals surface area contributed by atoms with Gasteiger partial charge in [-0.25, -0.2) is 4.79 Å². The zero-order valence-corrected chi connectivity index (χ0v) is 21.2. The van der Waals surface area contributed by atoms with Gasteiger partial charge in [-0.05, 0) is 41.4 Å². The summed E-state index contributed by atoms with van der Waals surface area (Å²) in [6.07, 6.45) is -0.937. The highest BCUT2D eigenvalue weighted by Gasteiger charge is 2.39. The molecule has 8 heteroatoms. The van der Waals surface area contributed by atoms with Crippen LogP contribution in [0.4, 0.5) is 10.5 Å². The molecule has 0 saturated carbocycles. The first-order chi connectivity index (χ1) is 15.0. The second-order valence-corrected chi connectivity index (χ2v) is 13.9. The van der Waals surface area contributed by atoms with E-state index in [1.807, 2.05) is 36.4 Å². The fourth-order valence-corrected chi connectivity index (χ4v) is 4.20. The highest BCUT2D eigenvalue weighted by molar-refractivity contribution is 6.74. The van der Waals surface area contributed by atoms with E-state index in [0.717, 1.165) is 11.1 Å². The number of nitrogen functional groups attached to an aromatic ring is 1. The minimum Gasteiger partial charge on any atom is -0.493 e. The fourth-order valence-electron chi connectivity index (χ4n) is 2.91. The Hall–Kier alpha value is -2.71. The van der Waals surface area contributed by atoms with Crippen molar-refractivity contribution in [1.29, 1.82) is 0 Å².